The maximum atomic E-state index is 14.9. The second-order valence-electron chi connectivity index (χ2n) is 7.87. The van der Waals surface area contributed by atoms with Crippen molar-refractivity contribution in [1.82, 2.24) is 9.80 Å². The Kier molecular flexibility index (Phi) is 5.70. The first-order valence-corrected chi connectivity index (χ1v) is 9.87. The van der Waals surface area contributed by atoms with Gasteiger partial charge in [-0.25, -0.2) is 4.79 Å². The van der Waals surface area contributed by atoms with Crippen molar-refractivity contribution in [2.24, 2.45) is 0 Å². The highest BCUT2D eigenvalue weighted by molar-refractivity contribution is 9.10. The minimum Gasteiger partial charge on any atom is -0.493 e. The molecule has 9 nitrogen and oxygen atoms in total. The van der Waals surface area contributed by atoms with E-state index in [1.165, 1.54) is 15.9 Å². The van der Waals surface area contributed by atoms with Gasteiger partial charge in [0.05, 0.1) is 17.6 Å². The Hall–Kier alpha value is -2.43. The number of halogens is 2. The van der Waals surface area contributed by atoms with Crippen LogP contribution < -0.4 is 4.74 Å². The van der Waals surface area contributed by atoms with Crippen LogP contribution in [0.4, 0.5) is 14.9 Å². The summed E-state index contributed by atoms with van der Waals surface area (Å²) in [6, 6.07) is 0.824. The average Bonchev–Trinajstić information content (AvgIpc) is 2.58. The molecule has 0 bridgehead atoms. The molecule has 1 fully saturated rings. The van der Waals surface area contributed by atoms with E-state index < -0.39 is 45.6 Å². The first kappa shape index (κ1) is 21.3. The molecule has 2 amide bonds. The van der Waals surface area contributed by atoms with Crippen molar-refractivity contribution in [2.45, 2.75) is 38.8 Å². The van der Waals surface area contributed by atoms with Crippen LogP contribution in [-0.2, 0) is 4.74 Å². The van der Waals surface area contributed by atoms with Gasteiger partial charge < -0.3 is 19.3 Å². The smallest absolute Gasteiger partial charge is 0.410 e. The molecule has 0 aliphatic carbocycles. The molecule has 0 radical (unpaired) electrons. The average molecular weight is 474 g/mol. The van der Waals surface area contributed by atoms with Gasteiger partial charge >= 0.3 is 11.8 Å². The van der Waals surface area contributed by atoms with Crippen molar-refractivity contribution >= 4 is 33.6 Å². The molecule has 3 rings (SSSR count). The molecular formula is C18H21BrFN3O6. The van der Waals surface area contributed by atoms with E-state index in [0.29, 0.717) is 6.42 Å². The van der Waals surface area contributed by atoms with Crippen molar-refractivity contribution < 1.29 is 28.4 Å². The summed E-state index contributed by atoms with van der Waals surface area (Å²) in [7, 11) is 0. The SMILES string of the molecule is CC(C)(C)OC(=O)N1CCN2C(=O)c3c(cc(Br)c([N+](=O)[O-])c3F)OCC[C@H]2C1. The van der Waals surface area contributed by atoms with E-state index in [1.807, 2.05) is 0 Å². The van der Waals surface area contributed by atoms with Gasteiger partial charge in [-0.05, 0) is 36.7 Å². The van der Waals surface area contributed by atoms with Gasteiger partial charge in [0.1, 0.15) is 21.4 Å². The van der Waals surface area contributed by atoms with Gasteiger partial charge in [-0.15, -0.1) is 0 Å². The standard InChI is InChI=1S/C18H21BrFN3O6/c1-18(2,3)29-17(25)21-5-6-22-10(9-21)4-7-28-12-8-11(19)15(23(26)27)14(20)13(12)16(22)24/h8,10H,4-7,9H2,1-3H3/t10-/m0/s1. The number of hydrogen-bond donors (Lipinski definition) is 0. The minimum atomic E-state index is -1.24. The Morgan fingerprint density at radius 2 is 2.10 bits per heavy atom. The second-order valence-corrected chi connectivity index (χ2v) is 8.72. The first-order valence-electron chi connectivity index (χ1n) is 9.07. The topological polar surface area (TPSA) is 102 Å². The highest BCUT2D eigenvalue weighted by Gasteiger charge is 2.40. The number of benzene rings is 1. The summed E-state index contributed by atoms with van der Waals surface area (Å²) in [4.78, 5) is 38.7. The number of piperazine rings is 1. The van der Waals surface area contributed by atoms with Crippen LogP contribution in [0, 0.1) is 15.9 Å². The van der Waals surface area contributed by atoms with Crippen molar-refractivity contribution in [3.05, 3.63) is 32.0 Å². The van der Waals surface area contributed by atoms with E-state index in [0.717, 1.165) is 0 Å². The highest BCUT2D eigenvalue weighted by Crippen LogP contribution is 2.38. The van der Waals surface area contributed by atoms with Crippen LogP contribution in [0.2, 0.25) is 0 Å². The molecule has 1 aromatic rings. The van der Waals surface area contributed by atoms with Gasteiger partial charge in [-0.3, -0.25) is 14.9 Å². The Morgan fingerprint density at radius 1 is 1.41 bits per heavy atom. The lowest BCUT2D eigenvalue weighted by atomic mass is 10.0. The summed E-state index contributed by atoms with van der Waals surface area (Å²) < 4.78 is 25.7. The molecule has 29 heavy (non-hydrogen) atoms. The van der Waals surface area contributed by atoms with Crippen LogP contribution in [0.25, 0.3) is 0 Å². The predicted octanol–water partition coefficient (Wildman–Crippen LogP) is 3.34. The zero-order chi connectivity index (χ0) is 21.5. The number of amides is 2. The van der Waals surface area contributed by atoms with Crippen LogP contribution in [0.5, 0.6) is 5.75 Å². The molecule has 1 saturated heterocycles. The monoisotopic (exact) mass is 473 g/mol. The number of fused-ring (bicyclic) bond motifs is 2. The number of nitrogens with zero attached hydrogens (tertiary/aromatic N) is 3. The lowest BCUT2D eigenvalue weighted by Crippen LogP contribution is -2.58. The number of carbonyl (C=O) groups excluding carboxylic acids is 2. The zero-order valence-corrected chi connectivity index (χ0v) is 17.8. The van der Waals surface area contributed by atoms with E-state index in [9.17, 15) is 24.1 Å². The second kappa shape index (κ2) is 7.77. The summed E-state index contributed by atoms with van der Waals surface area (Å²) in [5.74, 6) is -1.97. The van der Waals surface area contributed by atoms with Gasteiger partial charge in [0.15, 0.2) is 0 Å². The first-order chi connectivity index (χ1) is 13.5. The molecule has 158 valence electrons. The molecule has 2 aliphatic rings. The van der Waals surface area contributed by atoms with Gasteiger partial charge in [-0.1, -0.05) is 0 Å². The molecule has 11 heteroatoms. The van der Waals surface area contributed by atoms with Gasteiger partial charge in [0.25, 0.3) is 5.91 Å². The van der Waals surface area contributed by atoms with E-state index in [4.69, 9.17) is 9.47 Å². The number of nitro benzene ring substituents is 1. The molecule has 2 heterocycles. The van der Waals surface area contributed by atoms with Crippen molar-refractivity contribution in [2.75, 3.05) is 26.2 Å². The third-order valence-electron chi connectivity index (χ3n) is 4.66. The molecule has 0 N–H and O–H groups in total. The molecule has 0 aromatic heterocycles. The Bertz CT molecular complexity index is 872. The summed E-state index contributed by atoms with van der Waals surface area (Å²) in [5, 5.41) is 11.2. The van der Waals surface area contributed by atoms with Crippen LogP contribution in [-0.4, -0.2) is 64.6 Å². The fourth-order valence-electron chi connectivity index (χ4n) is 3.38. The largest absolute Gasteiger partial charge is 0.493 e. The Labute approximate surface area is 175 Å². The third kappa shape index (κ3) is 4.29. The Morgan fingerprint density at radius 3 is 2.72 bits per heavy atom. The molecule has 1 atom stereocenters. The van der Waals surface area contributed by atoms with E-state index >= 15 is 0 Å². The lowest BCUT2D eigenvalue weighted by molar-refractivity contribution is -0.388. The van der Waals surface area contributed by atoms with Gasteiger partial charge in [0, 0.05) is 32.1 Å². The molecule has 2 aliphatic heterocycles. The third-order valence-corrected chi connectivity index (χ3v) is 5.26. The normalized spacial score (nSPS) is 19.5. The number of ether oxygens (including phenoxy) is 2. The predicted molar refractivity (Wildman–Crippen MR) is 103 cm³/mol. The molecule has 1 aromatic carbocycles. The fraction of sp³-hybridized carbons (Fsp3) is 0.556. The molecule has 0 unspecified atom stereocenters. The minimum absolute atomic E-state index is 0.0435. The summed E-state index contributed by atoms with van der Waals surface area (Å²) in [5.41, 5.74) is -1.93. The maximum Gasteiger partial charge on any atom is 0.410 e. The lowest BCUT2D eigenvalue weighted by Gasteiger charge is -2.42. The van der Waals surface area contributed by atoms with Crippen molar-refractivity contribution in [3.8, 4) is 5.75 Å². The maximum absolute atomic E-state index is 14.9. The van der Waals surface area contributed by atoms with Crippen LogP contribution in [0.15, 0.2) is 10.5 Å². The van der Waals surface area contributed by atoms with Crippen molar-refractivity contribution in [1.29, 1.82) is 0 Å². The highest BCUT2D eigenvalue weighted by atomic mass is 79.9. The Balaban J connectivity index is 1.89. The van der Waals surface area contributed by atoms with E-state index in [1.54, 1.807) is 20.8 Å². The van der Waals surface area contributed by atoms with Gasteiger partial charge in [-0.2, -0.15) is 4.39 Å². The quantitative estimate of drug-likeness (QED) is 0.457. The van der Waals surface area contributed by atoms with Crippen LogP contribution >= 0.6 is 15.9 Å². The van der Waals surface area contributed by atoms with Crippen LogP contribution in [0.3, 0.4) is 0 Å². The molecule has 0 saturated carbocycles. The summed E-state index contributed by atoms with van der Waals surface area (Å²) in [6.45, 7) is 6.03. The van der Waals surface area contributed by atoms with Crippen molar-refractivity contribution in [3.63, 3.8) is 0 Å². The number of carbonyl (C=O) groups is 2. The van der Waals surface area contributed by atoms with Gasteiger partial charge in [0.2, 0.25) is 5.82 Å². The number of nitro groups is 1. The summed E-state index contributed by atoms with van der Waals surface area (Å²) in [6.07, 6.45) is -0.0699. The van der Waals surface area contributed by atoms with E-state index in [-0.39, 0.29) is 36.5 Å². The molecule has 0 spiro atoms. The zero-order valence-electron chi connectivity index (χ0n) is 16.2. The fourth-order valence-corrected chi connectivity index (χ4v) is 3.90. The number of rotatable bonds is 1. The van der Waals surface area contributed by atoms with Crippen LogP contribution in [0.1, 0.15) is 37.6 Å². The number of hydrogen-bond acceptors (Lipinski definition) is 6. The summed E-state index contributed by atoms with van der Waals surface area (Å²) >= 11 is 2.96. The molecular weight excluding hydrogens is 453 g/mol. The van der Waals surface area contributed by atoms with E-state index in [2.05, 4.69) is 15.9 Å².